The molecular weight excluding hydrogens is 396 g/mol. The molecule has 1 aliphatic heterocycles. The van der Waals surface area contributed by atoms with Crippen molar-refractivity contribution in [2.45, 2.75) is 6.04 Å². The number of halogens is 2. The van der Waals surface area contributed by atoms with Gasteiger partial charge in [0.1, 0.15) is 11.6 Å². The van der Waals surface area contributed by atoms with Gasteiger partial charge in [-0.1, -0.05) is 30.3 Å². The van der Waals surface area contributed by atoms with E-state index in [4.69, 9.17) is 0 Å². The van der Waals surface area contributed by atoms with E-state index in [2.05, 4.69) is 9.88 Å². The van der Waals surface area contributed by atoms with Crippen molar-refractivity contribution in [3.05, 3.63) is 107 Å². The SMILES string of the molecule is O=C(/C=C/c1cccnc1)N1CCN(C(c2ccc(F)cc2)c2ccc(F)cc2)CC1. The number of rotatable bonds is 5. The summed E-state index contributed by atoms with van der Waals surface area (Å²) in [6.07, 6.45) is 6.74. The predicted molar refractivity (Wildman–Crippen MR) is 116 cm³/mol. The van der Waals surface area contributed by atoms with Crippen LogP contribution in [0.3, 0.4) is 0 Å². The van der Waals surface area contributed by atoms with Gasteiger partial charge >= 0.3 is 0 Å². The Kier molecular flexibility index (Phi) is 6.48. The van der Waals surface area contributed by atoms with Gasteiger partial charge in [-0.2, -0.15) is 0 Å². The highest BCUT2D eigenvalue weighted by Crippen LogP contribution is 2.30. The smallest absolute Gasteiger partial charge is 0.246 e. The van der Waals surface area contributed by atoms with Gasteiger partial charge in [0.05, 0.1) is 6.04 Å². The molecule has 1 aliphatic rings. The van der Waals surface area contributed by atoms with Crippen LogP contribution < -0.4 is 0 Å². The number of aromatic nitrogens is 1. The normalized spacial score (nSPS) is 15.0. The summed E-state index contributed by atoms with van der Waals surface area (Å²) in [6.45, 7) is 2.47. The number of pyridine rings is 1. The lowest BCUT2D eigenvalue weighted by Gasteiger charge is -2.39. The fourth-order valence-corrected chi connectivity index (χ4v) is 3.85. The molecule has 0 saturated carbocycles. The van der Waals surface area contributed by atoms with Gasteiger partial charge in [-0.05, 0) is 53.1 Å². The van der Waals surface area contributed by atoms with Crippen molar-refractivity contribution in [3.8, 4) is 0 Å². The molecule has 1 amide bonds. The molecule has 0 N–H and O–H groups in total. The summed E-state index contributed by atoms with van der Waals surface area (Å²) in [5, 5.41) is 0. The topological polar surface area (TPSA) is 36.4 Å². The Balaban J connectivity index is 1.47. The van der Waals surface area contributed by atoms with Crippen molar-refractivity contribution in [1.29, 1.82) is 0 Å². The van der Waals surface area contributed by atoms with E-state index in [0.29, 0.717) is 26.2 Å². The van der Waals surface area contributed by atoms with E-state index in [1.165, 1.54) is 24.3 Å². The average molecular weight is 419 g/mol. The molecule has 0 unspecified atom stereocenters. The van der Waals surface area contributed by atoms with Gasteiger partial charge < -0.3 is 4.90 Å². The van der Waals surface area contributed by atoms with E-state index in [-0.39, 0.29) is 23.6 Å². The molecular formula is C25H23F2N3O. The van der Waals surface area contributed by atoms with Gasteiger partial charge in [0, 0.05) is 44.6 Å². The van der Waals surface area contributed by atoms with Crippen LogP contribution in [0.1, 0.15) is 22.7 Å². The van der Waals surface area contributed by atoms with Crippen LogP contribution in [0.25, 0.3) is 6.08 Å². The van der Waals surface area contributed by atoms with E-state index in [1.54, 1.807) is 48.8 Å². The molecule has 1 saturated heterocycles. The second kappa shape index (κ2) is 9.62. The molecule has 3 aromatic rings. The highest BCUT2D eigenvalue weighted by atomic mass is 19.1. The van der Waals surface area contributed by atoms with E-state index in [9.17, 15) is 13.6 Å². The van der Waals surface area contributed by atoms with Gasteiger partial charge in [0.25, 0.3) is 0 Å². The van der Waals surface area contributed by atoms with Crippen LogP contribution in [0.15, 0.2) is 79.1 Å². The Hall–Kier alpha value is -3.38. The molecule has 31 heavy (non-hydrogen) atoms. The minimum Gasteiger partial charge on any atom is -0.337 e. The molecule has 0 atom stereocenters. The van der Waals surface area contributed by atoms with Crippen molar-refractivity contribution in [3.63, 3.8) is 0 Å². The molecule has 2 heterocycles. The summed E-state index contributed by atoms with van der Waals surface area (Å²) in [7, 11) is 0. The maximum atomic E-state index is 13.5. The number of carbonyl (C=O) groups is 1. The molecule has 2 aromatic carbocycles. The zero-order valence-electron chi connectivity index (χ0n) is 17.0. The zero-order valence-corrected chi connectivity index (χ0v) is 17.0. The number of carbonyl (C=O) groups excluding carboxylic acids is 1. The number of hydrogen-bond acceptors (Lipinski definition) is 3. The molecule has 4 nitrogen and oxygen atoms in total. The third-order valence-electron chi connectivity index (χ3n) is 5.47. The average Bonchev–Trinajstić information content (AvgIpc) is 2.81. The lowest BCUT2D eigenvalue weighted by Crippen LogP contribution is -2.49. The second-order valence-electron chi connectivity index (χ2n) is 7.49. The van der Waals surface area contributed by atoms with Gasteiger partial charge in [0.2, 0.25) is 5.91 Å². The first kappa shape index (κ1) is 20.9. The summed E-state index contributed by atoms with van der Waals surface area (Å²) in [6, 6.07) is 16.4. The van der Waals surface area contributed by atoms with Crippen LogP contribution in [0.4, 0.5) is 8.78 Å². The highest BCUT2D eigenvalue weighted by molar-refractivity contribution is 5.91. The Morgan fingerprint density at radius 3 is 1.97 bits per heavy atom. The summed E-state index contributed by atoms with van der Waals surface area (Å²) < 4.78 is 26.9. The Morgan fingerprint density at radius 2 is 1.45 bits per heavy atom. The van der Waals surface area contributed by atoms with Crippen LogP contribution in [0.5, 0.6) is 0 Å². The van der Waals surface area contributed by atoms with E-state index in [0.717, 1.165) is 16.7 Å². The number of benzene rings is 2. The predicted octanol–water partition coefficient (Wildman–Crippen LogP) is 4.31. The standard InChI is InChI=1S/C25H23F2N3O/c26-22-8-4-20(5-9-22)25(21-6-10-23(27)11-7-21)30-16-14-29(15-17-30)24(31)12-3-19-2-1-13-28-18-19/h1-13,18,25H,14-17H2/b12-3+. The van der Waals surface area contributed by atoms with Crippen LogP contribution in [-0.2, 0) is 4.79 Å². The molecule has 1 aromatic heterocycles. The molecule has 1 fully saturated rings. The fraction of sp³-hybridized carbons (Fsp3) is 0.200. The minimum absolute atomic E-state index is 0.0383. The van der Waals surface area contributed by atoms with Crippen molar-refractivity contribution in [1.82, 2.24) is 14.8 Å². The Labute approximate surface area is 180 Å². The van der Waals surface area contributed by atoms with E-state index >= 15 is 0 Å². The lowest BCUT2D eigenvalue weighted by atomic mass is 9.96. The highest BCUT2D eigenvalue weighted by Gasteiger charge is 2.27. The number of nitrogens with zero attached hydrogens (tertiary/aromatic N) is 3. The van der Waals surface area contributed by atoms with Crippen molar-refractivity contribution in [2.24, 2.45) is 0 Å². The Morgan fingerprint density at radius 1 is 0.871 bits per heavy atom. The first-order valence-electron chi connectivity index (χ1n) is 10.2. The monoisotopic (exact) mass is 419 g/mol. The van der Waals surface area contributed by atoms with Gasteiger partial charge in [-0.15, -0.1) is 0 Å². The van der Waals surface area contributed by atoms with Gasteiger partial charge in [-0.25, -0.2) is 8.78 Å². The number of hydrogen-bond donors (Lipinski definition) is 0. The first-order valence-corrected chi connectivity index (χ1v) is 10.2. The molecule has 4 rings (SSSR count). The molecule has 6 heteroatoms. The van der Waals surface area contributed by atoms with Gasteiger partial charge in [-0.3, -0.25) is 14.7 Å². The third kappa shape index (κ3) is 5.22. The Bertz CT molecular complexity index is 983. The lowest BCUT2D eigenvalue weighted by molar-refractivity contribution is -0.127. The zero-order chi connectivity index (χ0) is 21.6. The maximum absolute atomic E-state index is 13.5. The van der Waals surface area contributed by atoms with Crippen molar-refractivity contribution in [2.75, 3.05) is 26.2 Å². The minimum atomic E-state index is -0.294. The van der Waals surface area contributed by atoms with Crippen LogP contribution in [0.2, 0.25) is 0 Å². The summed E-state index contributed by atoms with van der Waals surface area (Å²) in [4.78, 5) is 20.7. The maximum Gasteiger partial charge on any atom is 0.246 e. The van der Waals surface area contributed by atoms with Crippen LogP contribution in [-0.4, -0.2) is 46.9 Å². The van der Waals surface area contributed by atoms with Crippen LogP contribution in [0, 0.1) is 11.6 Å². The number of amides is 1. The summed E-state index contributed by atoms with van der Waals surface area (Å²) in [5.41, 5.74) is 2.75. The molecule has 0 radical (unpaired) electrons. The molecule has 158 valence electrons. The second-order valence-corrected chi connectivity index (χ2v) is 7.49. The quantitative estimate of drug-likeness (QED) is 0.579. The van der Waals surface area contributed by atoms with Crippen molar-refractivity contribution >= 4 is 12.0 Å². The molecule has 0 aliphatic carbocycles. The first-order chi connectivity index (χ1) is 15.1. The fourth-order valence-electron chi connectivity index (χ4n) is 3.85. The van der Waals surface area contributed by atoms with E-state index in [1.807, 2.05) is 17.0 Å². The third-order valence-corrected chi connectivity index (χ3v) is 5.47. The van der Waals surface area contributed by atoms with Crippen LogP contribution >= 0.6 is 0 Å². The summed E-state index contributed by atoms with van der Waals surface area (Å²) >= 11 is 0. The number of piperazine rings is 1. The largest absolute Gasteiger partial charge is 0.337 e. The van der Waals surface area contributed by atoms with Gasteiger partial charge in [0.15, 0.2) is 0 Å². The summed E-state index contributed by atoms with van der Waals surface area (Å²) in [5.74, 6) is -0.626. The molecule has 0 bridgehead atoms. The molecule has 0 spiro atoms. The van der Waals surface area contributed by atoms with Crippen molar-refractivity contribution < 1.29 is 13.6 Å². The van der Waals surface area contributed by atoms with E-state index < -0.39 is 0 Å².